The lowest BCUT2D eigenvalue weighted by molar-refractivity contribution is -0.118. The molecule has 1 amide bonds. The molecule has 1 atom stereocenters. The summed E-state index contributed by atoms with van der Waals surface area (Å²) in [6.45, 7) is 1.79. The van der Waals surface area contributed by atoms with Gasteiger partial charge in [-0.25, -0.2) is 0 Å². The minimum Gasteiger partial charge on any atom is -0.326 e. The Hall–Kier alpha value is -0.540. The van der Waals surface area contributed by atoms with E-state index in [1.165, 1.54) is 0 Å². The third-order valence-corrected chi connectivity index (χ3v) is 2.78. The number of alkyl halides is 1. The highest BCUT2D eigenvalue weighted by Crippen LogP contribution is 2.15. The van der Waals surface area contributed by atoms with Crippen molar-refractivity contribution in [2.75, 3.05) is 11.2 Å². The summed E-state index contributed by atoms with van der Waals surface area (Å²) in [5, 5.41) is 2.78. The predicted octanol–water partition coefficient (Wildman–Crippen LogP) is 3.26. The number of halogens is 2. The molecule has 1 aromatic carbocycles. The quantitative estimate of drug-likeness (QED) is 0.844. The molecule has 0 saturated carbocycles. The Morgan fingerprint density at radius 2 is 2.07 bits per heavy atom. The zero-order valence-electron chi connectivity index (χ0n) is 7.76. The van der Waals surface area contributed by atoms with Gasteiger partial charge in [0.1, 0.15) is 0 Å². The largest absolute Gasteiger partial charge is 0.326 e. The molecule has 0 aliphatic rings. The number of benzene rings is 1. The molecule has 0 bridgehead atoms. The highest BCUT2D eigenvalue weighted by molar-refractivity contribution is 9.10. The molecule has 4 heteroatoms. The average Bonchev–Trinajstić information content (AvgIpc) is 2.20. The second kappa shape index (κ2) is 5.37. The van der Waals surface area contributed by atoms with E-state index in [0.29, 0.717) is 5.88 Å². The highest BCUT2D eigenvalue weighted by atomic mass is 79.9. The third kappa shape index (κ3) is 3.31. The van der Waals surface area contributed by atoms with Crippen molar-refractivity contribution in [3.8, 4) is 0 Å². The van der Waals surface area contributed by atoms with Crippen LogP contribution in [-0.2, 0) is 4.79 Å². The summed E-state index contributed by atoms with van der Waals surface area (Å²) in [6, 6.07) is 7.42. The van der Waals surface area contributed by atoms with Crippen LogP contribution in [0.15, 0.2) is 28.7 Å². The molecule has 76 valence electrons. The van der Waals surface area contributed by atoms with Crippen LogP contribution < -0.4 is 5.32 Å². The van der Waals surface area contributed by atoms with Gasteiger partial charge in [-0.1, -0.05) is 22.9 Å². The zero-order valence-corrected chi connectivity index (χ0v) is 10.1. The molecule has 1 N–H and O–H groups in total. The molecule has 2 nitrogen and oxygen atoms in total. The van der Waals surface area contributed by atoms with Gasteiger partial charge >= 0.3 is 0 Å². The monoisotopic (exact) mass is 275 g/mol. The van der Waals surface area contributed by atoms with Gasteiger partial charge in [-0.3, -0.25) is 4.79 Å². The van der Waals surface area contributed by atoms with Crippen molar-refractivity contribution in [3.05, 3.63) is 28.7 Å². The average molecular weight is 277 g/mol. The molecule has 1 aromatic rings. The summed E-state index contributed by atoms with van der Waals surface area (Å²) >= 11 is 8.89. The van der Waals surface area contributed by atoms with Gasteiger partial charge in [0.05, 0.1) is 0 Å². The first kappa shape index (κ1) is 11.5. The summed E-state index contributed by atoms with van der Waals surface area (Å²) in [5.41, 5.74) is 0.787. The molecule has 0 saturated heterocycles. The van der Waals surface area contributed by atoms with Gasteiger partial charge in [-0.2, -0.15) is 0 Å². The number of anilines is 1. The Labute approximate surface area is 96.8 Å². The summed E-state index contributed by atoms with van der Waals surface area (Å²) in [4.78, 5) is 11.4. The highest BCUT2D eigenvalue weighted by Gasteiger charge is 2.10. The Morgan fingerprint density at radius 3 is 2.57 bits per heavy atom. The first-order valence-corrected chi connectivity index (χ1v) is 5.58. The number of carbonyl (C=O) groups excluding carboxylic acids is 1. The summed E-state index contributed by atoms with van der Waals surface area (Å²) < 4.78 is 0.987. The van der Waals surface area contributed by atoms with E-state index >= 15 is 0 Å². The summed E-state index contributed by atoms with van der Waals surface area (Å²) in [6.07, 6.45) is 0. The molecular weight excluding hydrogens is 265 g/mol. The SMILES string of the molecule is CC(CCl)C(=O)Nc1ccc(Br)cc1. The zero-order chi connectivity index (χ0) is 10.6. The van der Waals surface area contributed by atoms with Crippen molar-refractivity contribution in [2.24, 2.45) is 5.92 Å². The van der Waals surface area contributed by atoms with Crippen molar-refractivity contribution in [1.82, 2.24) is 0 Å². The van der Waals surface area contributed by atoms with Gasteiger partial charge in [-0.15, -0.1) is 11.6 Å². The molecule has 0 heterocycles. The smallest absolute Gasteiger partial charge is 0.228 e. The van der Waals surface area contributed by atoms with Crippen LogP contribution in [0.4, 0.5) is 5.69 Å². The fourth-order valence-electron chi connectivity index (χ4n) is 0.869. The maximum Gasteiger partial charge on any atom is 0.228 e. The number of hydrogen-bond donors (Lipinski definition) is 1. The summed E-state index contributed by atoms with van der Waals surface area (Å²) in [5.74, 6) is 0.116. The van der Waals surface area contributed by atoms with Gasteiger partial charge in [-0.05, 0) is 24.3 Å². The van der Waals surface area contributed by atoms with Crippen molar-refractivity contribution >= 4 is 39.1 Å². The molecule has 0 fully saturated rings. The first-order valence-electron chi connectivity index (χ1n) is 4.26. The Morgan fingerprint density at radius 1 is 1.50 bits per heavy atom. The van der Waals surface area contributed by atoms with Gasteiger partial charge in [0.25, 0.3) is 0 Å². The fraction of sp³-hybridized carbons (Fsp3) is 0.300. The van der Waals surface area contributed by atoms with E-state index in [-0.39, 0.29) is 11.8 Å². The number of hydrogen-bond acceptors (Lipinski definition) is 1. The maximum atomic E-state index is 11.4. The second-order valence-electron chi connectivity index (χ2n) is 3.05. The molecule has 0 aliphatic carbocycles. The van der Waals surface area contributed by atoms with Crippen LogP contribution in [0.1, 0.15) is 6.92 Å². The molecule has 14 heavy (non-hydrogen) atoms. The van der Waals surface area contributed by atoms with Crippen LogP contribution in [-0.4, -0.2) is 11.8 Å². The van der Waals surface area contributed by atoms with Gasteiger partial charge in [0.2, 0.25) is 5.91 Å². The van der Waals surface area contributed by atoms with Gasteiger partial charge in [0.15, 0.2) is 0 Å². The molecule has 0 radical (unpaired) electrons. The van der Waals surface area contributed by atoms with E-state index in [4.69, 9.17) is 11.6 Å². The van der Waals surface area contributed by atoms with Crippen molar-refractivity contribution < 1.29 is 4.79 Å². The Kier molecular flexibility index (Phi) is 4.42. The maximum absolute atomic E-state index is 11.4. The lowest BCUT2D eigenvalue weighted by Crippen LogP contribution is -2.21. The van der Waals surface area contributed by atoms with Crippen molar-refractivity contribution in [3.63, 3.8) is 0 Å². The predicted molar refractivity (Wildman–Crippen MR) is 62.7 cm³/mol. The van der Waals surface area contributed by atoms with E-state index in [9.17, 15) is 4.79 Å². The van der Waals surface area contributed by atoms with E-state index < -0.39 is 0 Å². The number of rotatable bonds is 3. The van der Waals surface area contributed by atoms with Crippen LogP contribution in [0.25, 0.3) is 0 Å². The Balaban J connectivity index is 2.60. The second-order valence-corrected chi connectivity index (χ2v) is 4.28. The lowest BCUT2D eigenvalue weighted by atomic mass is 10.2. The van der Waals surface area contributed by atoms with Gasteiger partial charge in [0, 0.05) is 22.0 Å². The number of nitrogens with one attached hydrogen (secondary N) is 1. The van der Waals surface area contributed by atoms with Crippen molar-refractivity contribution in [2.45, 2.75) is 6.92 Å². The normalized spacial score (nSPS) is 12.2. The van der Waals surface area contributed by atoms with Crippen LogP contribution >= 0.6 is 27.5 Å². The molecule has 0 aromatic heterocycles. The number of amides is 1. The van der Waals surface area contributed by atoms with Crippen molar-refractivity contribution in [1.29, 1.82) is 0 Å². The molecule has 1 rings (SSSR count). The molecule has 0 spiro atoms. The topological polar surface area (TPSA) is 29.1 Å². The standard InChI is InChI=1S/C10H11BrClNO/c1-7(6-12)10(14)13-9-4-2-8(11)3-5-9/h2-5,7H,6H2,1H3,(H,13,14). The first-order chi connectivity index (χ1) is 6.63. The fourth-order valence-corrected chi connectivity index (χ4v) is 1.27. The van der Waals surface area contributed by atoms with E-state index in [1.54, 1.807) is 6.92 Å². The number of carbonyl (C=O) groups is 1. The van der Waals surface area contributed by atoms with Crippen LogP contribution in [0, 0.1) is 5.92 Å². The molecule has 1 unspecified atom stereocenters. The minimum absolute atomic E-state index is 0.0534. The lowest BCUT2D eigenvalue weighted by Gasteiger charge is -2.08. The van der Waals surface area contributed by atoms with Crippen LogP contribution in [0.2, 0.25) is 0 Å². The van der Waals surface area contributed by atoms with Crippen LogP contribution in [0.5, 0.6) is 0 Å². The molecular formula is C10H11BrClNO. The minimum atomic E-state index is -0.166. The molecule has 0 aliphatic heterocycles. The van der Waals surface area contributed by atoms with Crippen LogP contribution in [0.3, 0.4) is 0 Å². The summed E-state index contributed by atoms with van der Waals surface area (Å²) in [7, 11) is 0. The van der Waals surface area contributed by atoms with Gasteiger partial charge < -0.3 is 5.32 Å². The van der Waals surface area contributed by atoms with E-state index in [1.807, 2.05) is 24.3 Å². The third-order valence-electron chi connectivity index (χ3n) is 1.79. The Bertz CT molecular complexity index is 312. The van der Waals surface area contributed by atoms with E-state index in [2.05, 4.69) is 21.2 Å². The van der Waals surface area contributed by atoms with E-state index in [0.717, 1.165) is 10.2 Å².